The molecule has 0 saturated carbocycles. The summed E-state index contributed by atoms with van der Waals surface area (Å²) in [5.74, 6) is 7.20. The Morgan fingerprint density at radius 2 is 1.72 bits per heavy atom. The summed E-state index contributed by atoms with van der Waals surface area (Å²) in [6.45, 7) is 5.33. The van der Waals surface area contributed by atoms with Gasteiger partial charge >= 0.3 is 0 Å². The minimum absolute atomic E-state index is 0.128. The third-order valence-electron chi connectivity index (χ3n) is 2.30. The molecule has 6 heteroatoms. The van der Waals surface area contributed by atoms with Crippen LogP contribution in [0.2, 0.25) is 0 Å². The molecular formula is C12H19N3O2S. The zero-order valence-electron chi connectivity index (χ0n) is 10.7. The molecule has 0 amide bonds. The summed E-state index contributed by atoms with van der Waals surface area (Å²) in [6, 6.07) is 5.62. The Labute approximate surface area is 113 Å². The van der Waals surface area contributed by atoms with E-state index in [0.717, 1.165) is 17.1 Å². The van der Waals surface area contributed by atoms with Gasteiger partial charge in [0, 0.05) is 0 Å². The summed E-state index contributed by atoms with van der Waals surface area (Å²) in [5.41, 5.74) is 6.33. The zero-order chi connectivity index (χ0) is 13.5. The summed E-state index contributed by atoms with van der Waals surface area (Å²) in [4.78, 5) is 0. The van der Waals surface area contributed by atoms with Crippen LogP contribution in [0.4, 0.5) is 0 Å². The molecule has 0 heterocycles. The molecule has 18 heavy (non-hydrogen) atoms. The molecule has 0 bridgehead atoms. The van der Waals surface area contributed by atoms with Crippen LogP contribution in [0.3, 0.4) is 0 Å². The summed E-state index contributed by atoms with van der Waals surface area (Å²) in [5, 5.41) is 1.42. The topological polar surface area (TPSA) is 73.7 Å². The van der Waals surface area contributed by atoms with Gasteiger partial charge in [0.25, 0.3) is 0 Å². The average Bonchev–Trinajstić information content (AvgIpc) is 2.33. The number of benzene rings is 1. The fraction of sp³-hybridized carbons (Fsp3) is 0.417. The van der Waals surface area contributed by atoms with Gasteiger partial charge < -0.3 is 15.2 Å². The van der Waals surface area contributed by atoms with Crippen LogP contribution in [0.25, 0.3) is 0 Å². The van der Waals surface area contributed by atoms with Gasteiger partial charge in [0.15, 0.2) is 5.11 Å². The molecule has 0 radical (unpaired) electrons. The number of nitrogens with two attached hydrogens (primary N) is 2. The fourth-order valence-corrected chi connectivity index (χ4v) is 1.60. The summed E-state index contributed by atoms with van der Waals surface area (Å²) in [6.07, 6.45) is 0. The molecule has 0 aromatic heterocycles. The lowest BCUT2D eigenvalue weighted by atomic mass is 10.1. The second-order valence-electron chi connectivity index (χ2n) is 3.57. The van der Waals surface area contributed by atoms with Crippen molar-refractivity contribution in [2.45, 2.75) is 20.4 Å². The normalized spacial score (nSPS) is 9.94. The molecule has 1 aromatic carbocycles. The average molecular weight is 269 g/mol. The van der Waals surface area contributed by atoms with Crippen molar-refractivity contribution in [3.63, 3.8) is 0 Å². The van der Waals surface area contributed by atoms with Gasteiger partial charge in [-0.15, -0.1) is 0 Å². The van der Waals surface area contributed by atoms with E-state index in [9.17, 15) is 0 Å². The Morgan fingerprint density at radius 3 is 2.11 bits per heavy atom. The summed E-state index contributed by atoms with van der Waals surface area (Å²) >= 11 is 4.83. The largest absolute Gasteiger partial charge is 0.493 e. The number of hydrogen-bond donors (Lipinski definition) is 2. The molecule has 4 N–H and O–H groups in total. The molecule has 0 saturated heterocycles. The van der Waals surface area contributed by atoms with E-state index in [4.69, 9.17) is 33.3 Å². The van der Waals surface area contributed by atoms with E-state index in [1.165, 1.54) is 5.01 Å². The zero-order valence-corrected chi connectivity index (χ0v) is 11.5. The Hall–Kier alpha value is -1.53. The molecule has 0 spiro atoms. The maximum atomic E-state index is 5.73. The van der Waals surface area contributed by atoms with E-state index >= 15 is 0 Å². The van der Waals surface area contributed by atoms with Gasteiger partial charge in [-0.3, -0.25) is 5.01 Å². The van der Waals surface area contributed by atoms with Crippen molar-refractivity contribution in [2.75, 3.05) is 13.2 Å². The van der Waals surface area contributed by atoms with E-state index in [-0.39, 0.29) is 5.11 Å². The SMILES string of the molecule is CCOc1cccc(OCC)c1CN(N)C(N)=S. The molecule has 0 fully saturated rings. The van der Waals surface area contributed by atoms with E-state index < -0.39 is 0 Å². The van der Waals surface area contributed by atoms with Crippen molar-refractivity contribution in [3.8, 4) is 11.5 Å². The Balaban J connectivity index is 3.05. The van der Waals surface area contributed by atoms with Crippen LogP contribution >= 0.6 is 12.2 Å². The molecule has 100 valence electrons. The quantitative estimate of drug-likeness (QED) is 0.462. The minimum Gasteiger partial charge on any atom is -0.493 e. The van der Waals surface area contributed by atoms with Crippen LogP contribution in [0, 0.1) is 0 Å². The molecule has 5 nitrogen and oxygen atoms in total. The van der Waals surface area contributed by atoms with E-state index in [1.807, 2.05) is 32.0 Å². The van der Waals surface area contributed by atoms with Crippen molar-refractivity contribution >= 4 is 17.3 Å². The molecular weight excluding hydrogens is 250 g/mol. The fourth-order valence-electron chi connectivity index (χ4n) is 1.53. The Kier molecular flexibility index (Phi) is 5.67. The van der Waals surface area contributed by atoms with Crippen LogP contribution < -0.4 is 21.1 Å². The molecule has 1 aromatic rings. The number of ether oxygens (including phenoxy) is 2. The van der Waals surface area contributed by atoms with Crippen molar-refractivity contribution < 1.29 is 9.47 Å². The first kappa shape index (κ1) is 14.5. The van der Waals surface area contributed by atoms with Gasteiger partial charge in [0.05, 0.1) is 25.3 Å². The van der Waals surface area contributed by atoms with Gasteiger partial charge in [-0.2, -0.15) is 0 Å². The van der Waals surface area contributed by atoms with Gasteiger partial charge in [0.1, 0.15) is 11.5 Å². The highest BCUT2D eigenvalue weighted by Crippen LogP contribution is 2.29. The second-order valence-corrected chi connectivity index (χ2v) is 3.98. The molecule has 1 rings (SSSR count). The molecule has 0 aliphatic heterocycles. The van der Waals surface area contributed by atoms with E-state index in [0.29, 0.717) is 19.8 Å². The highest BCUT2D eigenvalue weighted by molar-refractivity contribution is 7.80. The second kappa shape index (κ2) is 7.03. The third kappa shape index (κ3) is 3.75. The van der Waals surface area contributed by atoms with Crippen LogP contribution in [0.1, 0.15) is 19.4 Å². The van der Waals surface area contributed by atoms with Crippen molar-refractivity contribution in [1.29, 1.82) is 0 Å². The third-order valence-corrected chi connectivity index (χ3v) is 2.54. The van der Waals surface area contributed by atoms with E-state index in [2.05, 4.69) is 0 Å². The van der Waals surface area contributed by atoms with Crippen molar-refractivity contribution in [3.05, 3.63) is 23.8 Å². The first-order valence-electron chi connectivity index (χ1n) is 5.79. The number of rotatable bonds is 6. The lowest BCUT2D eigenvalue weighted by Gasteiger charge is -2.20. The predicted molar refractivity (Wildman–Crippen MR) is 75.3 cm³/mol. The first-order valence-corrected chi connectivity index (χ1v) is 6.20. The molecule has 0 aliphatic carbocycles. The summed E-state index contributed by atoms with van der Waals surface area (Å²) in [7, 11) is 0. The first-order chi connectivity index (χ1) is 8.60. The lowest BCUT2D eigenvalue weighted by Crippen LogP contribution is -2.40. The minimum atomic E-state index is 0.128. The van der Waals surface area contributed by atoms with Crippen LogP contribution in [0.15, 0.2) is 18.2 Å². The number of nitrogens with zero attached hydrogens (tertiary/aromatic N) is 1. The van der Waals surface area contributed by atoms with Gasteiger partial charge in [-0.1, -0.05) is 6.07 Å². The van der Waals surface area contributed by atoms with Crippen molar-refractivity contribution in [1.82, 2.24) is 5.01 Å². The smallest absolute Gasteiger partial charge is 0.180 e. The standard InChI is InChI=1S/C12H19N3O2S/c1-3-16-10-6-5-7-11(17-4-2)9(10)8-15(14)12(13)18/h5-7H,3-4,8,14H2,1-2H3,(H2,13,18). The van der Waals surface area contributed by atoms with Gasteiger partial charge in [-0.05, 0) is 38.2 Å². The maximum Gasteiger partial charge on any atom is 0.180 e. The van der Waals surface area contributed by atoms with Crippen LogP contribution in [-0.2, 0) is 6.54 Å². The van der Waals surface area contributed by atoms with E-state index in [1.54, 1.807) is 0 Å². The molecule has 0 aliphatic rings. The highest BCUT2D eigenvalue weighted by atomic mass is 32.1. The maximum absolute atomic E-state index is 5.73. The Morgan fingerprint density at radius 1 is 1.22 bits per heavy atom. The lowest BCUT2D eigenvalue weighted by molar-refractivity contribution is 0.305. The highest BCUT2D eigenvalue weighted by Gasteiger charge is 2.13. The number of thiocarbonyl (C=S) groups is 1. The molecule has 0 unspecified atom stereocenters. The van der Waals surface area contributed by atoms with Crippen LogP contribution in [-0.4, -0.2) is 23.3 Å². The summed E-state index contributed by atoms with van der Waals surface area (Å²) < 4.78 is 11.1. The number of hydrazine groups is 1. The van der Waals surface area contributed by atoms with Gasteiger partial charge in [0.2, 0.25) is 0 Å². The van der Waals surface area contributed by atoms with Crippen LogP contribution in [0.5, 0.6) is 11.5 Å². The monoisotopic (exact) mass is 269 g/mol. The van der Waals surface area contributed by atoms with Gasteiger partial charge in [-0.25, -0.2) is 5.84 Å². The predicted octanol–water partition coefficient (Wildman–Crippen LogP) is 1.40. The Bertz CT molecular complexity index is 388. The molecule has 0 atom stereocenters. The van der Waals surface area contributed by atoms with Crippen molar-refractivity contribution in [2.24, 2.45) is 11.6 Å². The number of hydrogen-bond acceptors (Lipinski definition) is 4.